The van der Waals surface area contributed by atoms with E-state index in [2.05, 4.69) is 16.5 Å². The Bertz CT molecular complexity index is 1160. The van der Waals surface area contributed by atoms with Crippen molar-refractivity contribution in [2.75, 3.05) is 5.32 Å². The lowest BCUT2D eigenvalue weighted by Gasteiger charge is -2.16. The Kier molecular flexibility index (Phi) is 5.57. The number of carbonyl (C=O) groups is 1. The standard InChI is InChI=1S/C21H17ClN4O2/c1-3-26-21(28)20(24-17-9-4-6-14(10-17)12-23)18(13(2)27)19(25-26)15-7-5-8-16(22)11-15/h4-11,24H,3H2,1-2H3. The summed E-state index contributed by atoms with van der Waals surface area (Å²) >= 11 is 6.11. The number of anilines is 2. The molecule has 0 saturated carbocycles. The number of aryl methyl sites for hydroxylation is 1. The van der Waals surface area contributed by atoms with Gasteiger partial charge in [-0.05, 0) is 44.2 Å². The van der Waals surface area contributed by atoms with Crippen LogP contribution in [0.3, 0.4) is 0 Å². The molecule has 0 aliphatic heterocycles. The fourth-order valence-corrected chi connectivity index (χ4v) is 3.08. The number of hydrogen-bond acceptors (Lipinski definition) is 5. The molecule has 0 atom stereocenters. The molecular formula is C21H17ClN4O2. The van der Waals surface area contributed by atoms with Crippen LogP contribution in [-0.2, 0) is 6.54 Å². The topological polar surface area (TPSA) is 87.8 Å². The molecule has 1 N–H and O–H groups in total. The number of nitrogens with one attached hydrogen (secondary N) is 1. The summed E-state index contributed by atoms with van der Waals surface area (Å²) in [6.07, 6.45) is 0. The summed E-state index contributed by atoms with van der Waals surface area (Å²) in [5.41, 5.74) is 1.86. The van der Waals surface area contributed by atoms with Gasteiger partial charge < -0.3 is 5.32 Å². The van der Waals surface area contributed by atoms with Gasteiger partial charge in [0.2, 0.25) is 0 Å². The Morgan fingerprint density at radius 2 is 2.00 bits per heavy atom. The number of hydrogen-bond donors (Lipinski definition) is 1. The zero-order valence-electron chi connectivity index (χ0n) is 15.4. The molecule has 1 aromatic heterocycles. The average Bonchev–Trinajstić information content (AvgIpc) is 2.69. The van der Waals surface area contributed by atoms with Crippen LogP contribution < -0.4 is 10.9 Å². The third-order valence-corrected chi connectivity index (χ3v) is 4.40. The van der Waals surface area contributed by atoms with Gasteiger partial charge in [0.25, 0.3) is 5.56 Å². The molecule has 0 aliphatic carbocycles. The lowest BCUT2D eigenvalue weighted by atomic mass is 10.0. The van der Waals surface area contributed by atoms with Crippen LogP contribution in [0.4, 0.5) is 11.4 Å². The summed E-state index contributed by atoms with van der Waals surface area (Å²) in [7, 11) is 0. The molecule has 0 radical (unpaired) electrons. The van der Waals surface area contributed by atoms with E-state index in [-0.39, 0.29) is 17.0 Å². The second-order valence-electron chi connectivity index (χ2n) is 6.10. The summed E-state index contributed by atoms with van der Waals surface area (Å²) < 4.78 is 1.29. The van der Waals surface area contributed by atoms with Crippen LogP contribution in [-0.4, -0.2) is 15.6 Å². The van der Waals surface area contributed by atoms with Crippen molar-refractivity contribution in [2.45, 2.75) is 20.4 Å². The lowest BCUT2D eigenvalue weighted by molar-refractivity contribution is 0.101. The molecule has 3 aromatic rings. The first kappa shape index (κ1) is 19.3. The van der Waals surface area contributed by atoms with Crippen LogP contribution in [0.15, 0.2) is 53.3 Å². The van der Waals surface area contributed by atoms with Crippen molar-refractivity contribution in [2.24, 2.45) is 0 Å². The Balaban J connectivity index is 2.28. The van der Waals surface area contributed by atoms with E-state index in [4.69, 9.17) is 16.9 Å². The fraction of sp³-hybridized carbons (Fsp3) is 0.143. The number of ketones is 1. The first-order chi connectivity index (χ1) is 13.4. The predicted octanol–water partition coefficient (Wildman–Crippen LogP) is 4.40. The van der Waals surface area contributed by atoms with Gasteiger partial charge >= 0.3 is 0 Å². The minimum Gasteiger partial charge on any atom is -0.350 e. The van der Waals surface area contributed by atoms with Gasteiger partial charge in [0.05, 0.1) is 17.2 Å². The van der Waals surface area contributed by atoms with Crippen molar-refractivity contribution in [3.63, 3.8) is 0 Å². The van der Waals surface area contributed by atoms with Crippen molar-refractivity contribution in [3.8, 4) is 17.3 Å². The molecule has 7 heteroatoms. The molecular weight excluding hydrogens is 376 g/mol. The maximum Gasteiger partial charge on any atom is 0.291 e. The summed E-state index contributed by atoms with van der Waals surface area (Å²) in [5.74, 6) is -0.304. The van der Waals surface area contributed by atoms with E-state index in [1.165, 1.54) is 11.6 Å². The van der Waals surface area contributed by atoms with Gasteiger partial charge in [-0.3, -0.25) is 9.59 Å². The molecule has 3 rings (SSSR count). The van der Waals surface area contributed by atoms with Gasteiger partial charge in [0.1, 0.15) is 11.4 Å². The molecule has 140 valence electrons. The lowest BCUT2D eigenvalue weighted by Crippen LogP contribution is -2.28. The molecule has 0 fully saturated rings. The van der Waals surface area contributed by atoms with Crippen LogP contribution >= 0.6 is 11.6 Å². The smallest absolute Gasteiger partial charge is 0.291 e. The molecule has 0 spiro atoms. The highest BCUT2D eigenvalue weighted by molar-refractivity contribution is 6.30. The van der Waals surface area contributed by atoms with Gasteiger partial charge in [-0.1, -0.05) is 29.8 Å². The SMILES string of the molecule is CCn1nc(-c2cccc(Cl)c2)c(C(C)=O)c(Nc2cccc(C#N)c2)c1=O. The molecule has 0 unspecified atom stereocenters. The molecule has 6 nitrogen and oxygen atoms in total. The van der Waals surface area contributed by atoms with Crippen molar-refractivity contribution >= 4 is 28.8 Å². The number of Topliss-reactive ketones (excluding diaryl/α,β-unsaturated/α-hetero) is 1. The van der Waals surface area contributed by atoms with Gasteiger partial charge in [-0.2, -0.15) is 10.4 Å². The quantitative estimate of drug-likeness (QED) is 0.650. The summed E-state index contributed by atoms with van der Waals surface area (Å²) in [6, 6.07) is 15.7. The minimum atomic E-state index is -0.416. The van der Waals surface area contributed by atoms with Crippen LogP contribution in [0.5, 0.6) is 0 Å². The van der Waals surface area contributed by atoms with Gasteiger partial charge in [-0.15, -0.1) is 0 Å². The Hall–Kier alpha value is -3.43. The summed E-state index contributed by atoms with van der Waals surface area (Å²) in [4.78, 5) is 25.4. The van der Waals surface area contributed by atoms with E-state index in [0.29, 0.717) is 34.1 Å². The van der Waals surface area contributed by atoms with E-state index in [9.17, 15) is 9.59 Å². The monoisotopic (exact) mass is 392 g/mol. The molecule has 0 bridgehead atoms. The fourth-order valence-electron chi connectivity index (χ4n) is 2.89. The number of halogens is 1. The van der Waals surface area contributed by atoms with Gasteiger partial charge in [0, 0.05) is 22.8 Å². The first-order valence-corrected chi connectivity index (χ1v) is 9.01. The maximum atomic E-state index is 12.9. The first-order valence-electron chi connectivity index (χ1n) is 8.63. The van der Waals surface area contributed by atoms with Gasteiger partial charge in [-0.25, -0.2) is 4.68 Å². The van der Waals surface area contributed by atoms with E-state index >= 15 is 0 Å². The number of nitrogens with zero attached hydrogens (tertiary/aromatic N) is 3. The number of benzene rings is 2. The van der Waals surface area contributed by atoms with Crippen molar-refractivity contribution in [1.82, 2.24) is 9.78 Å². The average molecular weight is 393 g/mol. The van der Waals surface area contributed by atoms with Crippen molar-refractivity contribution < 1.29 is 4.79 Å². The molecule has 28 heavy (non-hydrogen) atoms. The van der Waals surface area contributed by atoms with Crippen LogP contribution in [0.25, 0.3) is 11.3 Å². The van der Waals surface area contributed by atoms with Crippen molar-refractivity contribution in [3.05, 3.63) is 75.0 Å². The van der Waals surface area contributed by atoms with Crippen LogP contribution in [0.1, 0.15) is 29.8 Å². The largest absolute Gasteiger partial charge is 0.350 e. The van der Waals surface area contributed by atoms with E-state index in [0.717, 1.165) is 0 Å². The molecule has 0 aliphatic rings. The van der Waals surface area contributed by atoms with E-state index in [1.54, 1.807) is 55.5 Å². The van der Waals surface area contributed by atoms with Crippen LogP contribution in [0.2, 0.25) is 5.02 Å². The summed E-state index contributed by atoms with van der Waals surface area (Å²) in [6.45, 7) is 3.51. The highest BCUT2D eigenvalue weighted by Crippen LogP contribution is 2.29. The zero-order chi connectivity index (χ0) is 20.3. The zero-order valence-corrected chi connectivity index (χ0v) is 16.1. The second-order valence-corrected chi connectivity index (χ2v) is 6.54. The number of nitriles is 1. The Labute approximate surface area is 167 Å². The molecule has 2 aromatic carbocycles. The normalized spacial score (nSPS) is 10.4. The summed E-state index contributed by atoms with van der Waals surface area (Å²) in [5, 5.41) is 17.0. The van der Waals surface area contributed by atoms with Crippen LogP contribution in [0, 0.1) is 11.3 Å². The predicted molar refractivity (Wildman–Crippen MR) is 109 cm³/mol. The van der Waals surface area contributed by atoms with Crippen molar-refractivity contribution in [1.29, 1.82) is 5.26 Å². The third kappa shape index (κ3) is 3.80. The highest BCUT2D eigenvalue weighted by Gasteiger charge is 2.22. The molecule has 0 amide bonds. The Morgan fingerprint density at radius 1 is 1.25 bits per heavy atom. The highest BCUT2D eigenvalue weighted by atomic mass is 35.5. The number of aromatic nitrogens is 2. The molecule has 0 saturated heterocycles. The van der Waals surface area contributed by atoms with Gasteiger partial charge in [0.15, 0.2) is 5.78 Å². The third-order valence-electron chi connectivity index (χ3n) is 4.17. The number of rotatable bonds is 5. The number of carbonyl (C=O) groups excluding carboxylic acids is 1. The molecule has 1 heterocycles. The minimum absolute atomic E-state index is 0.120. The maximum absolute atomic E-state index is 12.9. The second kappa shape index (κ2) is 8.07. The van der Waals surface area contributed by atoms with E-state index < -0.39 is 5.56 Å². The van der Waals surface area contributed by atoms with E-state index in [1.807, 2.05) is 0 Å². The Morgan fingerprint density at radius 3 is 2.64 bits per heavy atom.